The zero-order chi connectivity index (χ0) is 9.68. The molecule has 0 aliphatic rings. The van der Waals surface area contributed by atoms with Crippen LogP contribution in [0.25, 0.3) is 0 Å². The normalized spacial score (nSPS) is 9.62. The SMILES string of the molecule is COc1ncc(CCC(N)=O)cn1. The Balaban J connectivity index is 2.54. The predicted octanol–water partition coefficient (Wildman–Crippen LogP) is -0.0969. The molecule has 0 saturated carbocycles. The van der Waals surface area contributed by atoms with Gasteiger partial charge in [-0.15, -0.1) is 0 Å². The zero-order valence-electron chi connectivity index (χ0n) is 7.36. The van der Waals surface area contributed by atoms with Gasteiger partial charge in [-0.1, -0.05) is 0 Å². The molecule has 0 bridgehead atoms. The van der Waals surface area contributed by atoms with Crippen molar-refractivity contribution in [3.05, 3.63) is 18.0 Å². The Labute approximate surface area is 75.9 Å². The third kappa shape index (κ3) is 3.06. The van der Waals surface area contributed by atoms with Crippen molar-refractivity contribution in [3.63, 3.8) is 0 Å². The van der Waals surface area contributed by atoms with Gasteiger partial charge in [-0.3, -0.25) is 4.79 Å². The van der Waals surface area contributed by atoms with Crippen molar-refractivity contribution >= 4 is 5.91 Å². The van der Waals surface area contributed by atoms with Gasteiger partial charge >= 0.3 is 6.01 Å². The molecule has 0 aromatic carbocycles. The second kappa shape index (κ2) is 4.39. The summed E-state index contributed by atoms with van der Waals surface area (Å²) in [5.41, 5.74) is 5.87. The molecular weight excluding hydrogens is 170 g/mol. The van der Waals surface area contributed by atoms with Crippen LogP contribution in [-0.4, -0.2) is 23.0 Å². The van der Waals surface area contributed by atoms with E-state index in [0.29, 0.717) is 18.9 Å². The van der Waals surface area contributed by atoms with Gasteiger partial charge in [-0.05, 0) is 12.0 Å². The second-order valence-corrected chi connectivity index (χ2v) is 2.54. The average molecular weight is 181 g/mol. The van der Waals surface area contributed by atoms with Crippen molar-refractivity contribution in [2.45, 2.75) is 12.8 Å². The van der Waals surface area contributed by atoms with Gasteiger partial charge < -0.3 is 10.5 Å². The topological polar surface area (TPSA) is 78.1 Å². The van der Waals surface area contributed by atoms with E-state index < -0.39 is 0 Å². The second-order valence-electron chi connectivity index (χ2n) is 2.54. The number of nitrogens with zero attached hydrogens (tertiary/aromatic N) is 2. The molecule has 0 aliphatic heterocycles. The summed E-state index contributed by atoms with van der Waals surface area (Å²) in [6.45, 7) is 0. The summed E-state index contributed by atoms with van der Waals surface area (Å²) in [6.07, 6.45) is 4.12. The summed E-state index contributed by atoms with van der Waals surface area (Å²) >= 11 is 0. The van der Waals surface area contributed by atoms with E-state index in [4.69, 9.17) is 10.5 Å². The first-order chi connectivity index (χ1) is 6.22. The number of aromatic nitrogens is 2. The number of ether oxygens (including phenoxy) is 1. The maximum absolute atomic E-state index is 10.5. The van der Waals surface area contributed by atoms with Crippen molar-refractivity contribution in [1.29, 1.82) is 0 Å². The van der Waals surface area contributed by atoms with Crippen LogP contribution in [0.3, 0.4) is 0 Å². The first-order valence-corrected chi connectivity index (χ1v) is 3.85. The number of primary amides is 1. The van der Waals surface area contributed by atoms with Gasteiger partial charge in [0.2, 0.25) is 5.91 Å². The highest BCUT2D eigenvalue weighted by atomic mass is 16.5. The predicted molar refractivity (Wildman–Crippen MR) is 46.1 cm³/mol. The molecule has 5 heteroatoms. The highest BCUT2D eigenvalue weighted by molar-refractivity contribution is 5.73. The molecule has 0 radical (unpaired) electrons. The van der Waals surface area contributed by atoms with Crippen LogP contribution in [0.4, 0.5) is 0 Å². The number of rotatable bonds is 4. The Morgan fingerprint density at radius 3 is 2.62 bits per heavy atom. The van der Waals surface area contributed by atoms with Gasteiger partial charge in [0, 0.05) is 18.8 Å². The Morgan fingerprint density at radius 2 is 2.15 bits per heavy atom. The summed E-state index contributed by atoms with van der Waals surface area (Å²) in [5, 5.41) is 0. The molecule has 70 valence electrons. The number of carbonyl (C=O) groups is 1. The van der Waals surface area contributed by atoms with Gasteiger partial charge in [0.05, 0.1) is 7.11 Å². The molecule has 2 N–H and O–H groups in total. The lowest BCUT2D eigenvalue weighted by molar-refractivity contribution is -0.117. The largest absolute Gasteiger partial charge is 0.467 e. The van der Waals surface area contributed by atoms with Crippen LogP contribution in [-0.2, 0) is 11.2 Å². The third-order valence-corrected chi connectivity index (χ3v) is 1.52. The number of carbonyl (C=O) groups excluding carboxylic acids is 1. The molecule has 5 nitrogen and oxygen atoms in total. The van der Waals surface area contributed by atoms with Crippen LogP contribution in [0.15, 0.2) is 12.4 Å². The van der Waals surface area contributed by atoms with Crippen LogP contribution in [0.1, 0.15) is 12.0 Å². The van der Waals surface area contributed by atoms with Crippen LogP contribution < -0.4 is 10.5 Å². The van der Waals surface area contributed by atoms with Crippen LogP contribution in [0.5, 0.6) is 6.01 Å². The van der Waals surface area contributed by atoms with Gasteiger partial charge in [-0.25, -0.2) is 9.97 Å². The van der Waals surface area contributed by atoms with Gasteiger partial charge in [0.25, 0.3) is 0 Å². The lowest BCUT2D eigenvalue weighted by Gasteiger charge is -1.99. The maximum Gasteiger partial charge on any atom is 0.316 e. The standard InChI is InChI=1S/C8H11N3O2/c1-13-8-10-4-6(5-11-8)2-3-7(9)12/h4-5H,2-3H2,1H3,(H2,9,12). The number of amides is 1. The van der Waals surface area contributed by atoms with Crippen molar-refractivity contribution < 1.29 is 9.53 Å². The first-order valence-electron chi connectivity index (χ1n) is 3.85. The quantitative estimate of drug-likeness (QED) is 0.703. The molecule has 1 rings (SSSR count). The van der Waals surface area contributed by atoms with Gasteiger partial charge in [0.15, 0.2) is 0 Å². The van der Waals surface area contributed by atoms with E-state index >= 15 is 0 Å². The highest BCUT2D eigenvalue weighted by Crippen LogP contribution is 2.03. The van der Waals surface area contributed by atoms with Gasteiger partial charge in [-0.2, -0.15) is 0 Å². The van der Waals surface area contributed by atoms with Gasteiger partial charge in [0.1, 0.15) is 0 Å². The van der Waals surface area contributed by atoms with Crippen LogP contribution in [0.2, 0.25) is 0 Å². The smallest absolute Gasteiger partial charge is 0.316 e. The van der Waals surface area contributed by atoms with E-state index in [2.05, 4.69) is 9.97 Å². The van der Waals surface area contributed by atoms with E-state index in [9.17, 15) is 4.79 Å². The molecule has 0 spiro atoms. The third-order valence-electron chi connectivity index (χ3n) is 1.52. The lowest BCUT2D eigenvalue weighted by Crippen LogP contribution is -2.11. The summed E-state index contributed by atoms with van der Waals surface area (Å²) in [4.78, 5) is 18.2. The van der Waals surface area contributed by atoms with Crippen LogP contribution in [0, 0.1) is 0 Å². The fraction of sp³-hybridized carbons (Fsp3) is 0.375. The molecule has 1 aromatic heterocycles. The summed E-state index contributed by atoms with van der Waals surface area (Å²) < 4.78 is 4.78. The monoisotopic (exact) mass is 181 g/mol. The van der Waals surface area contributed by atoms with Crippen LogP contribution >= 0.6 is 0 Å². The fourth-order valence-electron chi connectivity index (χ4n) is 0.845. The zero-order valence-corrected chi connectivity index (χ0v) is 7.36. The average Bonchev–Trinajstić information content (AvgIpc) is 2.15. The molecule has 0 atom stereocenters. The molecule has 1 aromatic rings. The minimum absolute atomic E-state index is 0.315. The molecule has 0 unspecified atom stereocenters. The number of hydrogen-bond donors (Lipinski definition) is 1. The molecule has 1 amide bonds. The van der Waals surface area contributed by atoms with E-state index in [1.807, 2.05) is 0 Å². The molecule has 1 heterocycles. The molecular formula is C8H11N3O2. The minimum atomic E-state index is -0.323. The highest BCUT2D eigenvalue weighted by Gasteiger charge is 1.99. The van der Waals surface area contributed by atoms with E-state index in [-0.39, 0.29) is 5.91 Å². The van der Waals surface area contributed by atoms with Crippen molar-refractivity contribution in [3.8, 4) is 6.01 Å². The number of aryl methyl sites for hydroxylation is 1. The molecule has 0 aliphatic carbocycles. The lowest BCUT2D eigenvalue weighted by atomic mass is 10.2. The summed E-state index contributed by atoms with van der Waals surface area (Å²) in [5.74, 6) is -0.323. The number of methoxy groups -OCH3 is 1. The molecule has 0 saturated heterocycles. The van der Waals surface area contributed by atoms with E-state index in [0.717, 1.165) is 5.56 Å². The minimum Gasteiger partial charge on any atom is -0.467 e. The maximum atomic E-state index is 10.5. The van der Waals surface area contributed by atoms with Crippen molar-refractivity contribution in [1.82, 2.24) is 9.97 Å². The Hall–Kier alpha value is -1.65. The number of hydrogen-bond acceptors (Lipinski definition) is 4. The van der Waals surface area contributed by atoms with Crippen molar-refractivity contribution in [2.24, 2.45) is 5.73 Å². The van der Waals surface area contributed by atoms with E-state index in [1.165, 1.54) is 7.11 Å². The fourth-order valence-corrected chi connectivity index (χ4v) is 0.845. The molecule has 0 fully saturated rings. The Morgan fingerprint density at radius 1 is 1.54 bits per heavy atom. The Kier molecular flexibility index (Phi) is 3.19. The van der Waals surface area contributed by atoms with Crippen molar-refractivity contribution in [2.75, 3.05) is 7.11 Å². The Bertz CT molecular complexity index is 284. The summed E-state index contributed by atoms with van der Waals surface area (Å²) in [6, 6.07) is 0.322. The molecule has 13 heavy (non-hydrogen) atoms. The van der Waals surface area contributed by atoms with E-state index in [1.54, 1.807) is 12.4 Å². The number of nitrogens with two attached hydrogens (primary N) is 1. The first kappa shape index (κ1) is 9.44. The summed E-state index contributed by atoms with van der Waals surface area (Å²) in [7, 11) is 1.50.